The molecular formula is C21H25N5O2. The first-order chi connectivity index (χ1) is 13.7. The van der Waals surface area contributed by atoms with E-state index in [0.29, 0.717) is 18.3 Å². The number of hydrogen-bond donors (Lipinski definition) is 0. The molecule has 0 radical (unpaired) electrons. The van der Waals surface area contributed by atoms with Gasteiger partial charge in [0.1, 0.15) is 12.4 Å². The van der Waals surface area contributed by atoms with Crippen molar-refractivity contribution in [3.05, 3.63) is 65.9 Å². The zero-order chi connectivity index (χ0) is 19.3. The third kappa shape index (κ3) is 4.21. The number of hydrogen-bond acceptors (Lipinski definition) is 6. The summed E-state index contributed by atoms with van der Waals surface area (Å²) in [4.78, 5) is 11.5. The summed E-state index contributed by atoms with van der Waals surface area (Å²) in [6.45, 7) is 2.67. The van der Waals surface area contributed by atoms with Crippen LogP contribution in [0.1, 0.15) is 29.4 Å². The highest BCUT2D eigenvalue weighted by atomic mass is 16.5. The highest BCUT2D eigenvalue weighted by Gasteiger charge is 2.21. The van der Waals surface area contributed by atoms with Gasteiger partial charge < -0.3 is 14.4 Å². The molecule has 0 bridgehead atoms. The topological polar surface area (TPSA) is 65.3 Å². The van der Waals surface area contributed by atoms with Gasteiger partial charge in [-0.15, -0.1) is 0 Å². The summed E-state index contributed by atoms with van der Waals surface area (Å²) < 4.78 is 12.7. The third-order valence-electron chi connectivity index (χ3n) is 4.92. The lowest BCUT2D eigenvalue weighted by Crippen LogP contribution is -2.20. The van der Waals surface area contributed by atoms with Crippen LogP contribution in [0.5, 0.6) is 0 Å². The summed E-state index contributed by atoms with van der Waals surface area (Å²) in [5, 5.41) is 4.27. The molecule has 1 aliphatic heterocycles. The second kappa shape index (κ2) is 8.50. The van der Waals surface area contributed by atoms with Crippen molar-refractivity contribution in [2.45, 2.75) is 25.5 Å². The normalized spacial score (nSPS) is 16.4. The van der Waals surface area contributed by atoms with Crippen LogP contribution >= 0.6 is 0 Å². The van der Waals surface area contributed by atoms with E-state index in [2.05, 4.69) is 57.3 Å². The molecule has 1 aliphatic rings. The highest BCUT2D eigenvalue weighted by Crippen LogP contribution is 2.26. The summed E-state index contributed by atoms with van der Waals surface area (Å²) in [6, 6.07) is 12.4. The van der Waals surface area contributed by atoms with Crippen LogP contribution in [-0.4, -0.2) is 47.1 Å². The van der Waals surface area contributed by atoms with Crippen LogP contribution in [0.4, 0.5) is 5.82 Å². The monoisotopic (exact) mass is 379 g/mol. The Labute approximate surface area is 164 Å². The van der Waals surface area contributed by atoms with Gasteiger partial charge in [-0.1, -0.05) is 12.1 Å². The van der Waals surface area contributed by atoms with Gasteiger partial charge in [-0.05, 0) is 30.2 Å². The first kappa shape index (κ1) is 18.6. The Kier molecular flexibility index (Phi) is 5.64. The van der Waals surface area contributed by atoms with E-state index in [-0.39, 0.29) is 0 Å². The second-order valence-electron chi connectivity index (χ2n) is 7.03. The summed E-state index contributed by atoms with van der Waals surface area (Å²) in [7, 11) is 3.72. The van der Waals surface area contributed by atoms with Crippen LogP contribution in [0.3, 0.4) is 0 Å². The van der Waals surface area contributed by atoms with Crippen LogP contribution in [0.15, 0.2) is 48.8 Å². The first-order valence-electron chi connectivity index (χ1n) is 9.47. The minimum atomic E-state index is 0.333. The van der Waals surface area contributed by atoms with E-state index in [9.17, 15) is 0 Å². The van der Waals surface area contributed by atoms with Gasteiger partial charge in [0, 0.05) is 51.7 Å². The van der Waals surface area contributed by atoms with Crippen molar-refractivity contribution in [3.63, 3.8) is 0 Å². The molecule has 0 unspecified atom stereocenters. The first-order valence-corrected chi connectivity index (χ1v) is 9.47. The van der Waals surface area contributed by atoms with Crippen molar-refractivity contribution in [2.75, 3.05) is 32.3 Å². The maximum Gasteiger partial charge on any atom is 0.156 e. The molecule has 0 aliphatic carbocycles. The highest BCUT2D eigenvalue weighted by molar-refractivity contribution is 5.42. The maximum atomic E-state index is 5.54. The fraction of sp³-hybridized carbons (Fsp3) is 0.381. The maximum absolute atomic E-state index is 5.54. The minimum absolute atomic E-state index is 0.333. The SMILES string of the molecule is COCc1nc([C@@H]2CCOC2)cc(N(C)Cc2ccc(-n3cccn3)cc2)n1. The lowest BCUT2D eigenvalue weighted by atomic mass is 10.0. The van der Waals surface area contributed by atoms with Crippen LogP contribution in [-0.2, 0) is 22.6 Å². The zero-order valence-electron chi connectivity index (χ0n) is 16.3. The Morgan fingerprint density at radius 3 is 2.79 bits per heavy atom. The van der Waals surface area contributed by atoms with Crippen molar-refractivity contribution >= 4 is 5.82 Å². The van der Waals surface area contributed by atoms with Crippen molar-refractivity contribution in [1.82, 2.24) is 19.7 Å². The van der Waals surface area contributed by atoms with Gasteiger partial charge in [-0.2, -0.15) is 5.10 Å². The van der Waals surface area contributed by atoms with E-state index in [1.54, 1.807) is 13.3 Å². The molecule has 0 N–H and O–H groups in total. The van der Waals surface area contributed by atoms with Gasteiger partial charge in [0.05, 0.1) is 18.0 Å². The number of methoxy groups -OCH3 is 1. The number of rotatable bonds is 7. The van der Waals surface area contributed by atoms with Crippen LogP contribution in [0.25, 0.3) is 5.69 Å². The molecule has 1 saturated heterocycles. The van der Waals surface area contributed by atoms with Crippen molar-refractivity contribution in [3.8, 4) is 5.69 Å². The van der Waals surface area contributed by atoms with Gasteiger partial charge >= 0.3 is 0 Å². The number of benzene rings is 1. The summed E-state index contributed by atoms with van der Waals surface area (Å²) in [6.07, 6.45) is 4.72. The van der Waals surface area contributed by atoms with Crippen molar-refractivity contribution in [2.24, 2.45) is 0 Å². The number of aromatic nitrogens is 4. The summed E-state index contributed by atoms with van der Waals surface area (Å²) in [5.41, 5.74) is 3.29. The molecule has 7 heteroatoms. The van der Waals surface area contributed by atoms with Crippen LogP contribution in [0.2, 0.25) is 0 Å². The smallest absolute Gasteiger partial charge is 0.156 e. The number of anilines is 1. The fourth-order valence-electron chi connectivity index (χ4n) is 3.40. The Balaban J connectivity index is 1.52. The Morgan fingerprint density at radius 2 is 2.11 bits per heavy atom. The molecular weight excluding hydrogens is 354 g/mol. The summed E-state index contributed by atoms with van der Waals surface area (Å²) in [5.74, 6) is 1.95. The molecule has 4 rings (SSSR count). The van der Waals surface area contributed by atoms with Gasteiger partial charge in [-0.3, -0.25) is 0 Å². The summed E-state index contributed by atoms with van der Waals surface area (Å²) >= 11 is 0. The third-order valence-corrected chi connectivity index (χ3v) is 4.92. The van der Waals surface area contributed by atoms with E-state index in [1.165, 1.54) is 5.56 Å². The lowest BCUT2D eigenvalue weighted by Gasteiger charge is -2.21. The Morgan fingerprint density at radius 1 is 1.25 bits per heavy atom. The van der Waals surface area contributed by atoms with Crippen LogP contribution < -0.4 is 4.90 Å². The number of ether oxygens (including phenoxy) is 2. The molecule has 3 aromatic rings. The van der Waals surface area contributed by atoms with Gasteiger partial charge in [0.25, 0.3) is 0 Å². The Bertz CT molecular complexity index is 890. The number of nitrogens with zero attached hydrogens (tertiary/aromatic N) is 5. The standard InChI is InChI=1S/C21H25N5O2/c1-25(13-16-4-6-18(7-5-16)26-10-3-9-22-26)21-12-19(17-8-11-28-14-17)23-20(24-21)15-27-2/h3-7,9-10,12,17H,8,11,13-15H2,1-2H3/t17-/m1/s1. The molecule has 7 nitrogen and oxygen atoms in total. The quantitative estimate of drug-likeness (QED) is 0.629. The molecule has 0 amide bonds. The van der Waals surface area contributed by atoms with E-state index in [0.717, 1.165) is 43.4 Å². The molecule has 28 heavy (non-hydrogen) atoms. The molecule has 3 heterocycles. The molecule has 2 aromatic heterocycles. The molecule has 1 fully saturated rings. The van der Waals surface area contributed by atoms with Crippen molar-refractivity contribution in [1.29, 1.82) is 0 Å². The lowest BCUT2D eigenvalue weighted by molar-refractivity contribution is 0.177. The molecule has 1 aromatic carbocycles. The average Bonchev–Trinajstić information content (AvgIpc) is 3.43. The van der Waals surface area contributed by atoms with Crippen LogP contribution in [0, 0.1) is 0 Å². The molecule has 0 saturated carbocycles. The molecule has 1 atom stereocenters. The predicted octanol–water partition coefficient (Wildman–Crippen LogP) is 2.95. The second-order valence-corrected chi connectivity index (χ2v) is 7.03. The fourth-order valence-corrected chi connectivity index (χ4v) is 3.40. The van der Waals surface area contributed by atoms with E-state index in [1.807, 2.05) is 16.9 Å². The predicted molar refractivity (Wildman–Crippen MR) is 107 cm³/mol. The zero-order valence-corrected chi connectivity index (χ0v) is 16.3. The molecule has 146 valence electrons. The Hall–Kier alpha value is -2.77. The largest absolute Gasteiger partial charge is 0.381 e. The van der Waals surface area contributed by atoms with Crippen molar-refractivity contribution < 1.29 is 9.47 Å². The van der Waals surface area contributed by atoms with E-state index >= 15 is 0 Å². The van der Waals surface area contributed by atoms with Gasteiger partial charge in [-0.25, -0.2) is 14.6 Å². The molecule has 0 spiro atoms. The average molecular weight is 379 g/mol. The van der Waals surface area contributed by atoms with Gasteiger partial charge in [0.15, 0.2) is 5.82 Å². The van der Waals surface area contributed by atoms with E-state index < -0.39 is 0 Å². The van der Waals surface area contributed by atoms with E-state index in [4.69, 9.17) is 9.47 Å². The minimum Gasteiger partial charge on any atom is -0.381 e. The van der Waals surface area contributed by atoms with Gasteiger partial charge in [0.2, 0.25) is 0 Å².